The van der Waals surface area contributed by atoms with E-state index in [0.29, 0.717) is 13.1 Å². The van der Waals surface area contributed by atoms with Gasteiger partial charge in [-0.1, -0.05) is 31.2 Å². The smallest absolute Gasteiger partial charge is 0.240 e. The average molecular weight is 365 g/mol. The van der Waals surface area contributed by atoms with Crippen LogP contribution < -0.4 is 10.1 Å². The van der Waals surface area contributed by atoms with Gasteiger partial charge in [-0.25, -0.2) is 4.98 Å². The van der Waals surface area contributed by atoms with E-state index < -0.39 is 0 Å². The molecular formula is C22H27N3O2. The quantitative estimate of drug-likeness (QED) is 0.661. The normalized spacial score (nSPS) is 11.1. The molecule has 0 atom stereocenters. The Morgan fingerprint density at radius 3 is 2.59 bits per heavy atom. The molecule has 27 heavy (non-hydrogen) atoms. The minimum atomic E-state index is 0.00705. The second-order valence-corrected chi connectivity index (χ2v) is 6.87. The monoisotopic (exact) mass is 365 g/mol. The highest BCUT2D eigenvalue weighted by atomic mass is 16.5. The fraction of sp³-hybridized carbons (Fsp3) is 0.364. The highest BCUT2D eigenvalue weighted by molar-refractivity contribution is 5.81. The first-order valence-corrected chi connectivity index (χ1v) is 9.53. The first-order valence-electron chi connectivity index (χ1n) is 9.53. The molecule has 0 fully saturated rings. The van der Waals surface area contributed by atoms with Gasteiger partial charge in [-0.05, 0) is 50.1 Å². The Balaban J connectivity index is 1.54. The molecular weight excluding hydrogens is 338 g/mol. The fourth-order valence-electron chi connectivity index (χ4n) is 3.12. The fourth-order valence-corrected chi connectivity index (χ4v) is 3.12. The second-order valence-electron chi connectivity index (χ2n) is 6.87. The summed E-state index contributed by atoms with van der Waals surface area (Å²) < 4.78 is 7.65. The van der Waals surface area contributed by atoms with Gasteiger partial charge in [0.15, 0.2) is 0 Å². The summed E-state index contributed by atoms with van der Waals surface area (Å²) in [6.07, 6.45) is 1.76. The van der Waals surface area contributed by atoms with E-state index in [0.717, 1.165) is 35.4 Å². The van der Waals surface area contributed by atoms with Gasteiger partial charge >= 0.3 is 0 Å². The number of nitrogens with zero attached hydrogens (tertiary/aromatic N) is 2. The van der Waals surface area contributed by atoms with Gasteiger partial charge in [0.2, 0.25) is 5.91 Å². The maximum atomic E-state index is 12.4. The molecule has 0 spiro atoms. The molecule has 0 radical (unpaired) electrons. The number of rotatable bonds is 8. The molecule has 0 aliphatic heterocycles. The van der Waals surface area contributed by atoms with Crippen molar-refractivity contribution in [2.24, 2.45) is 0 Å². The number of para-hydroxylation sites is 2. The van der Waals surface area contributed by atoms with Gasteiger partial charge in [0.05, 0.1) is 17.1 Å². The van der Waals surface area contributed by atoms with E-state index in [-0.39, 0.29) is 12.0 Å². The van der Waals surface area contributed by atoms with Crippen LogP contribution in [0.4, 0.5) is 0 Å². The molecule has 0 bridgehead atoms. The van der Waals surface area contributed by atoms with E-state index in [1.54, 1.807) is 0 Å². The molecule has 5 heteroatoms. The van der Waals surface area contributed by atoms with Gasteiger partial charge in [0.25, 0.3) is 0 Å². The third-order valence-electron chi connectivity index (χ3n) is 4.38. The SMILES string of the molecule is CCc1nc2ccccc2n1CC(=O)NCCc1ccc(OC(C)C)cc1. The van der Waals surface area contributed by atoms with Crippen LogP contribution in [0.25, 0.3) is 11.0 Å². The number of hydrogen-bond acceptors (Lipinski definition) is 3. The number of benzene rings is 2. The molecule has 1 aromatic heterocycles. The van der Waals surface area contributed by atoms with Crippen molar-refractivity contribution in [3.63, 3.8) is 0 Å². The number of amides is 1. The summed E-state index contributed by atoms with van der Waals surface area (Å²) >= 11 is 0. The molecule has 0 saturated carbocycles. The molecule has 1 amide bonds. The van der Waals surface area contributed by atoms with Crippen LogP contribution in [-0.4, -0.2) is 28.1 Å². The second kappa shape index (κ2) is 8.71. The van der Waals surface area contributed by atoms with E-state index in [4.69, 9.17) is 4.74 Å². The third-order valence-corrected chi connectivity index (χ3v) is 4.38. The van der Waals surface area contributed by atoms with Crippen molar-refractivity contribution >= 4 is 16.9 Å². The van der Waals surface area contributed by atoms with Crippen LogP contribution in [0.1, 0.15) is 32.2 Å². The van der Waals surface area contributed by atoms with E-state index in [1.807, 2.05) is 66.9 Å². The Bertz CT molecular complexity index is 898. The van der Waals surface area contributed by atoms with Crippen molar-refractivity contribution in [1.82, 2.24) is 14.9 Å². The van der Waals surface area contributed by atoms with Crippen LogP contribution >= 0.6 is 0 Å². The lowest BCUT2D eigenvalue weighted by atomic mass is 10.1. The van der Waals surface area contributed by atoms with Crippen LogP contribution in [0.3, 0.4) is 0 Å². The zero-order valence-electron chi connectivity index (χ0n) is 16.2. The Kier molecular flexibility index (Phi) is 6.12. The number of nitrogens with one attached hydrogen (secondary N) is 1. The van der Waals surface area contributed by atoms with Gasteiger partial charge in [-0.15, -0.1) is 0 Å². The number of hydrogen-bond donors (Lipinski definition) is 1. The predicted octanol–water partition coefficient (Wildman–Crippen LogP) is 3.74. The maximum absolute atomic E-state index is 12.4. The summed E-state index contributed by atoms with van der Waals surface area (Å²) in [5.74, 6) is 1.82. The number of aryl methyl sites for hydroxylation is 1. The molecule has 1 heterocycles. The Labute approximate surface area is 160 Å². The Morgan fingerprint density at radius 2 is 1.89 bits per heavy atom. The molecule has 0 unspecified atom stereocenters. The van der Waals surface area contributed by atoms with Crippen LogP contribution in [0.15, 0.2) is 48.5 Å². The molecule has 0 aliphatic carbocycles. The average Bonchev–Trinajstić information content (AvgIpc) is 3.00. The van der Waals surface area contributed by atoms with Crippen molar-refractivity contribution in [2.45, 2.75) is 46.3 Å². The molecule has 142 valence electrons. The van der Waals surface area contributed by atoms with Gasteiger partial charge in [0, 0.05) is 13.0 Å². The summed E-state index contributed by atoms with van der Waals surface area (Å²) in [4.78, 5) is 17.0. The standard InChI is InChI=1S/C22H27N3O2/c1-4-21-24-19-7-5-6-8-20(19)25(21)15-22(26)23-14-13-17-9-11-18(12-10-17)27-16(2)3/h5-12,16H,4,13-15H2,1-3H3,(H,23,26). The van der Waals surface area contributed by atoms with Crippen molar-refractivity contribution < 1.29 is 9.53 Å². The van der Waals surface area contributed by atoms with Gasteiger partial charge < -0.3 is 14.6 Å². The summed E-state index contributed by atoms with van der Waals surface area (Å²) in [7, 11) is 0. The molecule has 1 N–H and O–H groups in total. The number of imidazole rings is 1. The molecule has 0 aliphatic rings. The minimum absolute atomic E-state index is 0.00705. The highest BCUT2D eigenvalue weighted by Gasteiger charge is 2.12. The minimum Gasteiger partial charge on any atom is -0.491 e. The number of fused-ring (bicyclic) bond motifs is 1. The lowest BCUT2D eigenvalue weighted by molar-refractivity contribution is -0.121. The van der Waals surface area contributed by atoms with E-state index in [2.05, 4.69) is 17.2 Å². The summed E-state index contributed by atoms with van der Waals surface area (Å²) in [5, 5.41) is 3.01. The number of carbonyl (C=O) groups is 1. The molecule has 5 nitrogen and oxygen atoms in total. The van der Waals surface area contributed by atoms with E-state index >= 15 is 0 Å². The van der Waals surface area contributed by atoms with Gasteiger partial charge in [-0.3, -0.25) is 4.79 Å². The van der Waals surface area contributed by atoms with Crippen LogP contribution in [0, 0.1) is 0 Å². The molecule has 3 aromatic rings. The van der Waals surface area contributed by atoms with E-state index in [9.17, 15) is 4.79 Å². The number of aromatic nitrogens is 2. The van der Waals surface area contributed by atoms with Crippen molar-refractivity contribution in [2.75, 3.05) is 6.54 Å². The zero-order valence-corrected chi connectivity index (χ0v) is 16.2. The van der Waals surface area contributed by atoms with Crippen LogP contribution in [0.5, 0.6) is 5.75 Å². The maximum Gasteiger partial charge on any atom is 0.240 e. The predicted molar refractivity (Wildman–Crippen MR) is 108 cm³/mol. The Morgan fingerprint density at radius 1 is 1.15 bits per heavy atom. The third kappa shape index (κ3) is 4.88. The Hall–Kier alpha value is -2.82. The molecule has 3 rings (SSSR count). The highest BCUT2D eigenvalue weighted by Crippen LogP contribution is 2.16. The topological polar surface area (TPSA) is 56.2 Å². The largest absolute Gasteiger partial charge is 0.491 e. The lowest BCUT2D eigenvalue weighted by Gasteiger charge is -2.11. The summed E-state index contributed by atoms with van der Waals surface area (Å²) in [6, 6.07) is 16.0. The number of carbonyl (C=O) groups excluding carboxylic acids is 1. The summed E-state index contributed by atoms with van der Waals surface area (Å²) in [6.45, 7) is 6.98. The molecule has 2 aromatic carbocycles. The van der Waals surface area contributed by atoms with E-state index in [1.165, 1.54) is 5.56 Å². The van der Waals surface area contributed by atoms with Crippen molar-refractivity contribution in [3.8, 4) is 5.75 Å². The van der Waals surface area contributed by atoms with Crippen LogP contribution in [-0.2, 0) is 24.2 Å². The first kappa shape index (κ1) is 19.0. The zero-order chi connectivity index (χ0) is 19.2. The molecule has 0 saturated heterocycles. The van der Waals surface area contributed by atoms with Crippen molar-refractivity contribution in [1.29, 1.82) is 0 Å². The van der Waals surface area contributed by atoms with Crippen LogP contribution in [0.2, 0.25) is 0 Å². The van der Waals surface area contributed by atoms with Gasteiger partial charge in [-0.2, -0.15) is 0 Å². The lowest BCUT2D eigenvalue weighted by Crippen LogP contribution is -2.29. The summed E-state index contributed by atoms with van der Waals surface area (Å²) in [5.41, 5.74) is 3.12. The van der Waals surface area contributed by atoms with Crippen molar-refractivity contribution in [3.05, 3.63) is 59.9 Å². The van der Waals surface area contributed by atoms with Gasteiger partial charge in [0.1, 0.15) is 18.1 Å². The first-order chi connectivity index (χ1) is 13.1. The number of ether oxygens (including phenoxy) is 1.